The lowest BCUT2D eigenvalue weighted by Gasteiger charge is -2.41. The molecule has 2 atom stereocenters. The average molecular weight is 156 g/mol. The van der Waals surface area contributed by atoms with Crippen LogP contribution in [0.3, 0.4) is 0 Å². The van der Waals surface area contributed by atoms with Crippen molar-refractivity contribution in [2.24, 2.45) is 5.41 Å². The summed E-state index contributed by atoms with van der Waals surface area (Å²) in [5.41, 5.74) is 1.91. The first-order valence-corrected chi connectivity index (χ1v) is 3.93. The van der Waals surface area contributed by atoms with Crippen LogP contribution in [0.25, 0.3) is 0 Å². The second-order valence-electron chi connectivity index (χ2n) is 4.24. The summed E-state index contributed by atoms with van der Waals surface area (Å²) in [5, 5.41) is 18.6. The number of aliphatic hydroxyl groups is 2. The van der Waals surface area contributed by atoms with E-state index in [4.69, 9.17) is 0 Å². The highest BCUT2D eigenvalue weighted by molar-refractivity contribution is 5.37. The summed E-state index contributed by atoms with van der Waals surface area (Å²) < 4.78 is 0. The summed E-state index contributed by atoms with van der Waals surface area (Å²) >= 11 is 0. The van der Waals surface area contributed by atoms with Crippen LogP contribution in [-0.2, 0) is 0 Å². The van der Waals surface area contributed by atoms with Gasteiger partial charge in [-0.1, -0.05) is 20.8 Å². The lowest BCUT2D eigenvalue weighted by atomic mass is 9.70. The van der Waals surface area contributed by atoms with Gasteiger partial charge < -0.3 is 10.2 Å². The smallest absolute Gasteiger partial charge is 0.106 e. The van der Waals surface area contributed by atoms with Crippen molar-refractivity contribution >= 4 is 0 Å². The molecule has 2 nitrogen and oxygen atoms in total. The topological polar surface area (TPSA) is 40.5 Å². The van der Waals surface area contributed by atoms with Crippen LogP contribution < -0.4 is 0 Å². The molecule has 2 heteroatoms. The van der Waals surface area contributed by atoms with Crippen molar-refractivity contribution in [3.05, 3.63) is 11.1 Å². The van der Waals surface area contributed by atoms with E-state index in [0.717, 1.165) is 11.1 Å². The molecule has 0 aliphatic heterocycles. The molecule has 0 saturated carbocycles. The Hall–Kier alpha value is -0.340. The zero-order valence-electron chi connectivity index (χ0n) is 7.55. The Morgan fingerprint density at radius 3 is 1.73 bits per heavy atom. The molecule has 0 saturated heterocycles. The van der Waals surface area contributed by atoms with Crippen LogP contribution in [0.4, 0.5) is 0 Å². The Morgan fingerprint density at radius 1 is 1.09 bits per heavy atom. The first-order chi connectivity index (χ1) is 4.85. The number of rotatable bonds is 0. The molecule has 0 aromatic carbocycles. The zero-order valence-corrected chi connectivity index (χ0v) is 7.55. The van der Waals surface area contributed by atoms with Gasteiger partial charge in [-0.3, -0.25) is 0 Å². The fourth-order valence-electron chi connectivity index (χ4n) is 1.73. The monoisotopic (exact) mass is 156 g/mol. The van der Waals surface area contributed by atoms with Crippen molar-refractivity contribution in [2.45, 2.75) is 39.9 Å². The van der Waals surface area contributed by atoms with Crippen LogP contribution in [-0.4, -0.2) is 22.4 Å². The van der Waals surface area contributed by atoms with Gasteiger partial charge >= 0.3 is 0 Å². The van der Waals surface area contributed by atoms with Gasteiger partial charge in [-0.15, -0.1) is 0 Å². The Kier molecular flexibility index (Phi) is 1.85. The van der Waals surface area contributed by atoms with Crippen LogP contribution >= 0.6 is 0 Å². The van der Waals surface area contributed by atoms with Crippen LogP contribution in [0.1, 0.15) is 27.7 Å². The van der Waals surface area contributed by atoms with E-state index in [-0.39, 0.29) is 5.41 Å². The molecular formula is C9H16O2. The highest BCUT2D eigenvalue weighted by Gasteiger charge is 2.40. The van der Waals surface area contributed by atoms with Gasteiger partial charge in [0.05, 0.1) is 0 Å². The first kappa shape index (κ1) is 8.75. The molecule has 0 aromatic heterocycles. The van der Waals surface area contributed by atoms with E-state index in [1.54, 1.807) is 0 Å². The van der Waals surface area contributed by atoms with E-state index in [1.165, 1.54) is 0 Å². The van der Waals surface area contributed by atoms with Gasteiger partial charge in [0.2, 0.25) is 0 Å². The summed E-state index contributed by atoms with van der Waals surface area (Å²) in [6.07, 6.45) is -1.25. The minimum atomic E-state index is -0.630. The highest BCUT2D eigenvalue weighted by atomic mass is 16.3. The van der Waals surface area contributed by atoms with Gasteiger partial charge in [-0.2, -0.15) is 0 Å². The third-order valence-corrected chi connectivity index (χ3v) is 2.27. The van der Waals surface area contributed by atoms with Crippen LogP contribution in [0.5, 0.6) is 0 Å². The van der Waals surface area contributed by atoms with Gasteiger partial charge in [0.25, 0.3) is 0 Å². The third-order valence-electron chi connectivity index (χ3n) is 2.27. The first-order valence-electron chi connectivity index (χ1n) is 3.93. The predicted molar refractivity (Wildman–Crippen MR) is 44.2 cm³/mol. The molecule has 0 amide bonds. The van der Waals surface area contributed by atoms with Crippen molar-refractivity contribution in [3.63, 3.8) is 0 Å². The minimum absolute atomic E-state index is 0.0112. The Labute approximate surface area is 67.6 Å². The Bertz CT molecular complexity index is 198. The van der Waals surface area contributed by atoms with Crippen LogP contribution in [0.2, 0.25) is 0 Å². The molecule has 0 radical (unpaired) electrons. The van der Waals surface area contributed by atoms with E-state index in [2.05, 4.69) is 0 Å². The molecule has 0 bridgehead atoms. The zero-order chi connectivity index (χ0) is 8.81. The van der Waals surface area contributed by atoms with Crippen molar-refractivity contribution in [1.29, 1.82) is 0 Å². The van der Waals surface area contributed by atoms with Crippen LogP contribution in [0.15, 0.2) is 11.1 Å². The normalized spacial score (nSPS) is 32.2. The Balaban J connectivity index is 2.91. The fraction of sp³-hybridized carbons (Fsp3) is 0.778. The van der Waals surface area contributed by atoms with Crippen molar-refractivity contribution in [3.8, 4) is 0 Å². The van der Waals surface area contributed by atoms with Crippen molar-refractivity contribution < 1.29 is 10.2 Å². The minimum Gasteiger partial charge on any atom is -0.386 e. The second-order valence-corrected chi connectivity index (χ2v) is 4.24. The van der Waals surface area contributed by atoms with E-state index < -0.39 is 12.2 Å². The quantitative estimate of drug-likeness (QED) is 0.515. The molecule has 1 aliphatic carbocycles. The maximum atomic E-state index is 9.37. The van der Waals surface area contributed by atoms with Gasteiger partial charge in [-0.25, -0.2) is 0 Å². The molecule has 1 rings (SSSR count). The molecule has 11 heavy (non-hydrogen) atoms. The summed E-state index contributed by atoms with van der Waals surface area (Å²) in [6, 6.07) is 0. The SMILES string of the molecule is CC1=C(C(C)(C)C)[C@H](O)[C@@H]1O. The lowest BCUT2D eigenvalue weighted by Crippen LogP contribution is -2.44. The average Bonchev–Trinajstić information content (AvgIpc) is 1.85. The third kappa shape index (κ3) is 1.21. The van der Waals surface area contributed by atoms with Gasteiger partial charge in [-0.05, 0) is 23.5 Å². The van der Waals surface area contributed by atoms with Gasteiger partial charge in [0, 0.05) is 0 Å². The van der Waals surface area contributed by atoms with E-state index in [1.807, 2.05) is 27.7 Å². The largest absolute Gasteiger partial charge is 0.386 e. The van der Waals surface area contributed by atoms with Crippen LogP contribution in [0, 0.1) is 5.41 Å². The lowest BCUT2D eigenvalue weighted by molar-refractivity contribution is 0.0218. The predicted octanol–water partition coefficient (Wildman–Crippen LogP) is 1.08. The number of aliphatic hydroxyl groups excluding tert-OH is 2. The number of hydrogen-bond donors (Lipinski definition) is 2. The maximum Gasteiger partial charge on any atom is 0.106 e. The summed E-state index contributed by atoms with van der Waals surface area (Å²) in [4.78, 5) is 0. The molecule has 0 heterocycles. The Morgan fingerprint density at radius 2 is 1.55 bits per heavy atom. The summed E-state index contributed by atoms with van der Waals surface area (Å²) in [5.74, 6) is 0. The molecule has 0 spiro atoms. The summed E-state index contributed by atoms with van der Waals surface area (Å²) in [7, 11) is 0. The molecule has 2 N–H and O–H groups in total. The molecular weight excluding hydrogens is 140 g/mol. The van der Waals surface area contributed by atoms with Gasteiger partial charge in [0.15, 0.2) is 0 Å². The maximum absolute atomic E-state index is 9.37. The van der Waals surface area contributed by atoms with Crippen molar-refractivity contribution in [2.75, 3.05) is 0 Å². The van der Waals surface area contributed by atoms with E-state index in [9.17, 15) is 10.2 Å². The van der Waals surface area contributed by atoms with E-state index >= 15 is 0 Å². The fourth-order valence-corrected chi connectivity index (χ4v) is 1.73. The molecule has 0 aromatic rings. The van der Waals surface area contributed by atoms with E-state index in [0.29, 0.717) is 0 Å². The van der Waals surface area contributed by atoms with Gasteiger partial charge in [0.1, 0.15) is 12.2 Å². The molecule has 1 aliphatic rings. The standard InChI is InChI=1S/C9H16O2/c1-5-6(9(2,3)4)8(11)7(5)10/h7-8,10-11H,1-4H3/t7-,8+/m1/s1. The summed E-state index contributed by atoms with van der Waals surface area (Å²) in [6.45, 7) is 8.00. The second kappa shape index (κ2) is 2.32. The highest BCUT2D eigenvalue weighted by Crippen LogP contribution is 2.40. The molecule has 0 fully saturated rings. The molecule has 64 valence electrons. The van der Waals surface area contributed by atoms with Crippen molar-refractivity contribution in [1.82, 2.24) is 0 Å². The number of hydrogen-bond acceptors (Lipinski definition) is 2. The molecule has 0 unspecified atom stereocenters.